The first-order chi connectivity index (χ1) is 10.7. The second-order valence-corrected chi connectivity index (χ2v) is 5.56. The molecule has 0 saturated carbocycles. The van der Waals surface area contributed by atoms with Crippen molar-refractivity contribution in [1.82, 2.24) is 4.90 Å². The molecule has 1 aliphatic heterocycles. The minimum Gasteiger partial charge on any atom is -0.457 e. The van der Waals surface area contributed by atoms with Crippen molar-refractivity contribution in [2.24, 2.45) is 5.92 Å². The van der Waals surface area contributed by atoms with Crippen molar-refractivity contribution >= 4 is 5.91 Å². The van der Waals surface area contributed by atoms with Crippen LogP contribution in [0.3, 0.4) is 0 Å². The highest BCUT2D eigenvalue weighted by molar-refractivity contribution is 5.94. The Balaban J connectivity index is 1.63. The largest absolute Gasteiger partial charge is 0.457 e. The van der Waals surface area contributed by atoms with Gasteiger partial charge in [-0.3, -0.25) is 4.79 Å². The molecule has 2 aromatic carbocycles. The fourth-order valence-corrected chi connectivity index (χ4v) is 2.48. The average molecular weight is 299 g/mol. The van der Waals surface area contributed by atoms with Crippen molar-refractivity contribution in [1.29, 1.82) is 0 Å². The number of hydrogen-bond donors (Lipinski definition) is 0. The molecule has 114 valence electrons. The van der Waals surface area contributed by atoms with E-state index in [2.05, 4.69) is 6.92 Å². The van der Waals surface area contributed by atoms with Crippen LogP contribution in [0.4, 0.5) is 4.39 Å². The molecule has 1 fully saturated rings. The Morgan fingerprint density at radius 1 is 1.09 bits per heavy atom. The number of rotatable bonds is 4. The van der Waals surface area contributed by atoms with E-state index in [0.717, 1.165) is 19.5 Å². The Morgan fingerprint density at radius 2 is 1.64 bits per heavy atom. The van der Waals surface area contributed by atoms with Crippen LogP contribution in [-0.2, 0) is 0 Å². The molecule has 2 aromatic rings. The van der Waals surface area contributed by atoms with Gasteiger partial charge in [-0.15, -0.1) is 0 Å². The van der Waals surface area contributed by atoms with Gasteiger partial charge >= 0.3 is 0 Å². The smallest absolute Gasteiger partial charge is 0.253 e. The van der Waals surface area contributed by atoms with Gasteiger partial charge in [0.15, 0.2) is 0 Å². The molecule has 0 unspecified atom stereocenters. The second kappa shape index (κ2) is 6.18. The monoisotopic (exact) mass is 299 g/mol. The maximum absolute atomic E-state index is 12.8. The van der Waals surface area contributed by atoms with E-state index in [1.165, 1.54) is 12.1 Å². The van der Waals surface area contributed by atoms with E-state index in [9.17, 15) is 9.18 Å². The van der Waals surface area contributed by atoms with Gasteiger partial charge in [0.2, 0.25) is 0 Å². The van der Waals surface area contributed by atoms with Gasteiger partial charge in [0.25, 0.3) is 5.91 Å². The Hall–Kier alpha value is -2.36. The number of nitrogens with zero attached hydrogens (tertiary/aromatic N) is 1. The lowest BCUT2D eigenvalue weighted by molar-refractivity contribution is 0.0494. The van der Waals surface area contributed by atoms with Crippen molar-refractivity contribution in [3.63, 3.8) is 0 Å². The van der Waals surface area contributed by atoms with E-state index < -0.39 is 0 Å². The number of amides is 1. The minimum atomic E-state index is -0.298. The molecule has 0 aliphatic carbocycles. The lowest BCUT2D eigenvalue weighted by Gasteiger charge is -2.38. The van der Waals surface area contributed by atoms with E-state index in [4.69, 9.17) is 4.74 Å². The molecule has 1 aliphatic rings. The van der Waals surface area contributed by atoms with Crippen LogP contribution in [0.15, 0.2) is 48.5 Å². The fourth-order valence-electron chi connectivity index (χ4n) is 2.48. The molecule has 0 bridgehead atoms. The quantitative estimate of drug-likeness (QED) is 0.850. The summed E-state index contributed by atoms with van der Waals surface area (Å²) < 4.78 is 18.4. The van der Waals surface area contributed by atoms with Crippen LogP contribution >= 0.6 is 0 Å². The molecule has 0 N–H and O–H groups in total. The Kier molecular flexibility index (Phi) is 4.09. The number of carbonyl (C=O) groups is 1. The summed E-state index contributed by atoms with van der Waals surface area (Å²) in [5.41, 5.74) is 0.668. The number of likely N-dealkylation sites (tertiary alicyclic amines) is 1. The van der Waals surface area contributed by atoms with Crippen molar-refractivity contribution in [3.05, 3.63) is 59.9 Å². The summed E-state index contributed by atoms with van der Waals surface area (Å²) in [6, 6.07) is 12.9. The molecular weight excluding hydrogens is 281 g/mol. The predicted molar refractivity (Wildman–Crippen MR) is 82.6 cm³/mol. The molecule has 0 radical (unpaired) electrons. The summed E-state index contributed by atoms with van der Waals surface area (Å²) in [5, 5.41) is 0. The molecule has 3 nitrogen and oxygen atoms in total. The van der Waals surface area contributed by atoms with Gasteiger partial charge in [0, 0.05) is 18.7 Å². The minimum absolute atomic E-state index is 0.0676. The first-order valence-corrected chi connectivity index (χ1v) is 7.48. The van der Waals surface area contributed by atoms with Gasteiger partial charge in [-0.1, -0.05) is 6.92 Å². The van der Waals surface area contributed by atoms with Gasteiger partial charge in [-0.05, 0) is 60.9 Å². The standard InChI is InChI=1S/C18H18FNO2/c1-2-13-11-20(12-13)18(21)14-3-7-16(8-4-14)22-17-9-5-15(19)6-10-17/h3-10,13H,2,11-12H2,1H3. The SMILES string of the molecule is CCC1CN(C(=O)c2ccc(Oc3ccc(F)cc3)cc2)C1. The third kappa shape index (κ3) is 3.11. The molecule has 22 heavy (non-hydrogen) atoms. The van der Waals surface area contributed by atoms with Gasteiger partial charge in [-0.2, -0.15) is 0 Å². The lowest BCUT2D eigenvalue weighted by Crippen LogP contribution is -2.49. The van der Waals surface area contributed by atoms with Crippen LogP contribution < -0.4 is 4.74 Å². The summed E-state index contributed by atoms with van der Waals surface area (Å²) in [6.07, 6.45) is 1.12. The summed E-state index contributed by atoms with van der Waals surface area (Å²) in [7, 11) is 0. The van der Waals surface area contributed by atoms with Crippen LogP contribution in [0.25, 0.3) is 0 Å². The van der Waals surface area contributed by atoms with Gasteiger partial charge in [-0.25, -0.2) is 4.39 Å². The number of benzene rings is 2. The third-order valence-corrected chi connectivity index (χ3v) is 3.97. The Morgan fingerprint density at radius 3 is 2.18 bits per heavy atom. The zero-order valence-corrected chi connectivity index (χ0v) is 12.5. The molecule has 3 rings (SSSR count). The Bertz CT molecular complexity index is 646. The summed E-state index contributed by atoms with van der Waals surface area (Å²) in [4.78, 5) is 14.1. The summed E-state index contributed by atoms with van der Waals surface area (Å²) in [6.45, 7) is 3.85. The first-order valence-electron chi connectivity index (χ1n) is 7.48. The number of carbonyl (C=O) groups excluding carboxylic acids is 1. The molecule has 4 heteroatoms. The highest BCUT2D eigenvalue weighted by atomic mass is 19.1. The summed E-state index contributed by atoms with van der Waals surface area (Å²) in [5.74, 6) is 1.60. The molecular formula is C18H18FNO2. The van der Waals surface area contributed by atoms with Crippen molar-refractivity contribution in [2.75, 3.05) is 13.1 Å². The van der Waals surface area contributed by atoms with Crippen LogP contribution in [0.2, 0.25) is 0 Å². The molecule has 0 spiro atoms. The van der Waals surface area contributed by atoms with Crippen LogP contribution in [0.1, 0.15) is 23.7 Å². The maximum atomic E-state index is 12.8. The predicted octanol–water partition coefficient (Wildman–Crippen LogP) is 4.10. The first kappa shape index (κ1) is 14.6. The number of hydrogen-bond acceptors (Lipinski definition) is 2. The highest BCUT2D eigenvalue weighted by Gasteiger charge is 2.29. The van der Waals surface area contributed by atoms with Crippen LogP contribution in [0, 0.1) is 11.7 Å². The second-order valence-electron chi connectivity index (χ2n) is 5.56. The molecule has 1 heterocycles. The molecule has 0 aromatic heterocycles. The highest BCUT2D eigenvalue weighted by Crippen LogP contribution is 2.24. The lowest BCUT2D eigenvalue weighted by atomic mass is 9.96. The van der Waals surface area contributed by atoms with Gasteiger partial charge in [0.05, 0.1) is 0 Å². The van der Waals surface area contributed by atoms with Crippen molar-refractivity contribution in [2.45, 2.75) is 13.3 Å². The van der Waals surface area contributed by atoms with Gasteiger partial charge in [0.1, 0.15) is 17.3 Å². The van der Waals surface area contributed by atoms with E-state index in [1.807, 2.05) is 4.90 Å². The van der Waals surface area contributed by atoms with E-state index >= 15 is 0 Å². The number of halogens is 1. The fraction of sp³-hybridized carbons (Fsp3) is 0.278. The van der Waals surface area contributed by atoms with Crippen molar-refractivity contribution < 1.29 is 13.9 Å². The third-order valence-electron chi connectivity index (χ3n) is 3.97. The maximum Gasteiger partial charge on any atom is 0.253 e. The zero-order valence-electron chi connectivity index (χ0n) is 12.5. The Labute approximate surface area is 129 Å². The normalized spacial score (nSPS) is 14.5. The van der Waals surface area contributed by atoms with Crippen LogP contribution in [0.5, 0.6) is 11.5 Å². The topological polar surface area (TPSA) is 29.5 Å². The molecule has 0 atom stereocenters. The molecule has 1 amide bonds. The van der Waals surface area contributed by atoms with E-state index in [0.29, 0.717) is 23.0 Å². The van der Waals surface area contributed by atoms with Crippen molar-refractivity contribution in [3.8, 4) is 11.5 Å². The number of ether oxygens (including phenoxy) is 1. The average Bonchev–Trinajstić information content (AvgIpc) is 2.49. The van der Waals surface area contributed by atoms with Crippen LogP contribution in [-0.4, -0.2) is 23.9 Å². The summed E-state index contributed by atoms with van der Waals surface area (Å²) >= 11 is 0. The molecule has 1 saturated heterocycles. The zero-order chi connectivity index (χ0) is 15.5. The van der Waals surface area contributed by atoms with Gasteiger partial charge < -0.3 is 9.64 Å². The van der Waals surface area contributed by atoms with E-state index in [1.54, 1.807) is 36.4 Å². The van der Waals surface area contributed by atoms with E-state index in [-0.39, 0.29) is 11.7 Å².